The summed E-state index contributed by atoms with van der Waals surface area (Å²) in [6.07, 6.45) is -0.743. The molecule has 18 heteroatoms. The van der Waals surface area contributed by atoms with Gasteiger partial charge < -0.3 is 40.3 Å². The van der Waals surface area contributed by atoms with Crippen molar-refractivity contribution >= 4 is 29.4 Å². The Hall–Kier alpha value is -6.01. The number of halogens is 3. The summed E-state index contributed by atoms with van der Waals surface area (Å²) in [4.78, 5) is 64.1. The van der Waals surface area contributed by atoms with E-state index in [1.165, 1.54) is 6.07 Å². The van der Waals surface area contributed by atoms with Crippen molar-refractivity contribution in [2.75, 3.05) is 69.7 Å². The van der Waals surface area contributed by atoms with Crippen LogP contribution in [-0.4, -0.2) is 122 Å². The van der Waals surface area contributed by atoms with Crippen molar-refractivity contribution in [3.63, 3.8) is 0 Å². The summed E-state index contributed by atoms with van der Waals surface area (Å²) < 4.78 is 48.2. The van der Waals surface area contributed by atoms with Crippen molar-refractivity contribution in [2.24, 2.45) is 11.8 Å². The Balaban J connectivity index is 0.779. The van der Waals surface area contributed by atoms with Gasteiger partial charge in [0.25, 0.3) is 5.91 Å². The third-order valence-corrected chi connectivity index (χ3v) is 13.9. The number of phenolic OH excluding ortho intramolecular Hbond substituents is 2. The van der Waals surface area contributed by atoms with Gasteiger partial charge in [0.2, 0.25) is 11.8 Å². The number of morpholine rings is 1. The zero-order valence-electron chi connectivity index (χ0n) is 37.3. The summed E-state index contributed by atoms with van der Waals surface area (Å²) in [6.45, 7) is 10.8. The van der Waals surface area contributed by atoms with Crippen LogP contribution in [0.4, 0.5) is 24.8 Å². The molecule has 0 aliphatic carbocycles. The number of benzene rings is 2. The first kappa shape index (κ1) is 45.2. The van der Waals surface area contributed by atoms with Crippen LogP contribution in [0, 0.1) is 11.8 Å². The van der Waals surface area contributed by atoms with E-state index in [-0.39, 0.29) is 70.9 Å². The van der Waals surface area contributed by atoms with Gasteiger partial charge >= 0.3 is 6.18 Å². The maximum atomic E-state index is 14.2. The number of amides is 3. The highest BCUT2D eigenvalue weighted by molar-refractivity contribution is 5.97. The number of nitrogens with zero attached hydrogens (tertiary/aromatic N) is 8. The van der Waals surface area contributed by atoms with Crippen LogP contribution in [0.15, 0.2) is 42.6 Å². The van der Waals surface area contributed by atoms with Crippen molar-refractivity contribution in [1.29, 1.82) is 0 Å². The largest absolute Gasteiger partial charge is 0.508 e. The summed E-state index contributed by atoms with van der Waals surface area (Å²) in [7, 11) is 0. The van der Waals surface area contributed by atoms with E-state index in [9.17, 15) is 37.8 Å². The summed E-state index contributed by atoms with van der Waals surface area (Å²) in [5.74, 6) is -0.768. The number of ether oxygens (including phenoxy) is 1. The van der Waals surface area contributed by atoms with Gasteiger partial charge in [-0.3, -0.25) is 19.3 Å². The Morgan fingerprint density at radius 2 is 1.65 bits per heavy atom. The van der Waals surface area contributed by atoms with E-state index >= 15 is 0 Å². The lowest BCUT2D eigenvalue weighted by atomic mass is 9.91. The van der Waals surface area contributed by atoms with E-state index in [4.69, 9.17) is 10.5 Å². The molecule has 0 spiro atoms. The second-order valence-corrected chi connectivity index (χ2v) is 18.7. The molecule has 5 aliphatic rings. The van der Waals surface area contributed by atoms with E-state index in [2.05, 4.69) is 38.1 Å². The highest BCUT2D eigenvalue weighted by Gasteiger charge is 2.39. The number of carbonyl (C=O) groups excluding carboxylic acids is 3. The van der Waals surface area contributed by atoms with Crippen LogP contribution in [0.5, 0.6) is 11.5 Å². The van der Waals surface area contributed by atoms with Crippen LogP contribution in [0.3, 0.4) is 0 Å². The van der Waals surface area contributed by atoms with E-state index < -0.39 is 17.7 Å². The number of phenols is 2. The van der Waals surface area contributed by atoms with E-state index in [1.54, 1.807) is 15.9 Å². The lowest BCUT2D eigenvalue weighted by Gasteiger charge is -2.39. The van der Waals surface area contributed by atoms with Gasteiger partial charge in [-0.1, -0.05) is 32.0 Å². The molecular formula is C48H56F3N9O6. The van der Waals surface area contributed by atoms with E-state index in [0.29, 0.717) is 94.9 Å². The minimum Gasteiger partial charge on any atom is -0.508 e. The van der Waals surface area contributed by atoms with Crippen molar-refractivity contribution in [3.05, 3.63) is 87.2 Å². The van der Waals surface area contributed by atoms with Gasteiger partial charge in [0, 0.05) is 88.1 Å². The fraction of sp³-hybridized carbons (Fsp3) is 0.500. The maximum absolute atomic E-state index is 14.2. The van der Waals surface area contributed by atoms with Crippen molar-refractivity contribution in [1.82, 2.24) is 34.6 Å². The number of carbonyl (C=O) groups is 3. The van der Waals surface area contributed by atoms with Crippen molar-refractivity contribution in [2.45, 2.75) is 84.2 Å². The Bertz CT molecular complexity index is 2520. The molecule has 7 heterocycles. The zero-order valence-corrected chi connectivity index (χ0v) is 37.3. The normalized spacial score (nSPS) is 19.7. The summed E-state index contributed by atoms with van der Waals surface area (Å²) in [5.41, 5.74) is 9.77. The van der Waals surface area contributed by atoms with Gasteiger partial charge in [0.1, 0.15) is 23.1 Å². The first-order chi connectivity index (χ1) is 31.6. The van der Waals surface area contributed by atoms with Crippen LogP contribution in [0.2, 0.25) is 0 Å². The summed E-state index contributed by atoms with van der Waals surface area (Å²) in [5, 5.41) is 20.8. The molecule has 3 amide bonds. The number of pyridine rings is 1. The molecule has 2 aromatic heterocycles. The van der Waals surface area contributed by atoms with Gasteiger partial charge in [-0.05, 0) is 85.0 Å². The Morgan fingerprint density at radius 1 is 0.894 bits per heavy atom. The van der Waals surface area contributed by atoms with Crippen molar-refractivity contribution in [3.8, 4) is 22.9 Å². The average Bonchev–Trinajstić information content (AvgIpc) is 3.73. The quantitative estimate of drug-likeness (QED) is 0.187. The number of nitrogens with two attached hydrogens (primary N) is 1. The minimum atomic E-state index is -4.73. The molecule has 4 N–H and O–H groups in total. The number of piperidine rings is 2. The molecule has 0 saturated carbocycles. The molecule has 66 heavy (non-hydrogen) atoms. The topological polar surface area (TPSA) is 182 Å². The average molecular weight is 912 g/mol. The number of alkyl halides is 3. The first-order valence-electron chi connectivity index (χ1n) is 22.9. The Labute approximate surface area is 381 Å². The van der Waals surface area contributed by atoms with Gasteiger partial charge in [-0.15, -0.1) is 0 Å². The van der Waals surface area contributed by atoms with Gasteiger partial charge in [0.05, 0.1) is 36.6 Å². The molecular weight excluding hydrogens is 856 g/mol. The maximum Gasteiger partial charge on any atom is 0.417 e. The molecule has 3 saturated heterocycles. The second-order valence-electron chi connectivity index (χ2n) is 18.7. The van der Waals surface area contributed by atoms with Crippen LogP contribution in [0.1, 0.15) is 94.9 Å². The number of hydrogen-bond acceptors (Lipinski definition) is 12. The SMILES string of the molecule is CC(C)c1cc(C(=O)N2Cc3ccc(CN4CCC(CN5CCC(C(=O)N6CCc7c(nc(-c8cnc(N)cc8C(F)(F)F)nc7N7CCOCC7)C6)CC5=O)CC4)cc3C2)c(O)cc1O. The summed E-state index contributed by atoms with van der Waals surface area (Å²) >= 11 is 0. The predicted octanol–water partition coefficient (Wildman–Crippen LogP) is 5.70. The smallest absolute Gasteiger partial charge is 0.417 e. The number of aromatic nitrogens is 3. The molecule has 0 radical (unpaired) electrons. The number of fused-ring (bicyclic) bond motifs is 2. The second kappa shape index (κ2) is 18.3. The van der Waals surface area contributed by atoms with E-state index in [0.717, 1.165) is 67.0 Å². The molecule has 3 fully saturated rings. The highest BCUT2D eigenvalue weighted by atomic mass is 19.4. The fourth-order valence-corrected chi connectivity index (χ4v) is 10.2. The lowest BCUT2D eigenvalue weighted by Crippen LogP contribution is -2.48. The lowest BCUT2D eigenvalue weighted by molar-refractivity contribution is -0.146. The van der Waals surface area contributed by atoms with Gasteiger partial charge in [-0.25, -0.2) is 15.0 Å². The molecule has 15 nitrogen and oxygen atoms in total. The number of rotatable bonds is 9. The highest BCUT2D eigenvalue weighted by Crippen LogP contribution is 2.39. The molecule has 1 unspecified atom stereocenters. The molecule has 9 rings (SSSR count). The molecule has 2 aromatic carbocycles. The van der Waals surface area contributed by atoms with Gasteiger partial charge in [0.15, 0.2) is 5.82 Å². The Kier molecular flexibility index (Phi) is 12.6. The third kappa shape index (κ3) is 9.34. The number of hydrogen-bond donors (Lipinski definition) is 3. The van der Waals surface area contributed by atoms with Crippen LogP contribution in [-0.2, 0) is 53.1 Å². The van der Waals surface area contributed by atoms with Gasteiger partial charge in [-0.2, -0.15) is 13.2 Å². The Morgan fingerprint density at radius 3 is 2.38 bits per heavy atom. The first-order valence-corrected chi connectivity index (χ1v) is 22.9. The molecule has 5 aliphatic heterocycles. The summed E-state index contributed by atoms with van der Waals surface area (Å²) in [6, 6.07) is 9.97. The molecule has 4 aromatic rings. The standard InChI is InChI=1S/C48H56F3N9O6/c1-28(2)35-19-36(41(62)21-40(35)61)47(65)60-25-32-4-3-30(17-33(32)26-60)23-56-9-5-29(6-10-56)24-58-11-7-31(18-43(58)63)46(64)59-12-8-34-39(27-59)54-44(55-45(34)57-13-15-66-16-14-57)37-22-53-42(52)20-38(37)48(49,50)51/h3-4,17,19-22,28-29,31,61-62H,5-16,18,23-27H2,1-2H3,(H2,52,53). The number of anilines is 2. The number of nitrogen functional groups attached to an aromatic ring is 1. The van der Waals surface area contributed by atoms with Crippen molar-refractivity contribution < 1.29 is 42.5 Å². The van der Waals surface area contributed by atoms with Crippen LogP contribution in [0.25, 0.3) is 11.4 Å². The fourth-order valence-electron chi connectivity index (χ4n) is 10.2. The zero-order chi connectivity index (χ0) is 46.4. The predicted molar refractivity (Wildman–Crippen MR) is 238 cm³/mol. The molecule has 350 valence electrons. The van der Waals surface area contributed by atoms with Crippen LogP contribution >= 0.6 is 0 Å². The molecule has 0 bridgehead atoms. The number of aromatic hydroxyl groups is 2. The van der Waals surface area contributed by atoms with E-state index in [1.807, 2.05) is 23.6 Å². The minimum absolute atomic E-state index is 0.0110. The number of likely N-dealkylation sites (tertiary alicyclic amines) is 2. The monoisotopic (exact) mass is 911 g/mol. The third-order valence-electron chi connectivity index (χ3n) is 13.9. The van der Waals surface area contributed by atoms with Crippen LogP contribution < -0.4 is 10.6 Å². The molecule has 1 atom stereocenters.